The monoisotopic (exact) mass is 301 g/mol. The molecule has 1 aliphatic rings. The van der Waals surface area contributed by atoms with E-state index in [1.54, 1.807) is 0 Å². The molecule has 1 aliphatic heterocycles. The fourth-order valence-corrected chi connectivity index (χ4v) is 4.01. The summed E-state index contributed by atoms with van der Waals surface area (Å²) in [5.74, 6) is 1.19. The molecule has 1 atom stereocenters. The van der Waals surface area contributed by atoms with Crippen LogP contribution in [0.3, 0.4) is 0 Å². The zero-order chi connectivity index (χ0) is 14.9. The normalized spacial score (nSPS) is 18.5. The molecule has 0 spiro atoms. The molecule has 21 heavy (non-hydrogen) atoms. The highest BCUT2D eigenvalue weighted by molar-refractivity contribution is 7.99. The summed E-state index contributed by atoms with van der Waals surface area (Å²) in [5.41, 5.74) is 4.05. The number of benzene rings is 1. The van der Waals surface area contributed by atoms with Gasteiger partial charge in [0.25, 0.3) is 0 Å². The number of aromatic nitrogens is 2. The van der Waals surface area contributed by atoms with Crippen LogP contribution in [0.25, 0.3) is 0 Å². The molecule has 2 heterocycles. The van der Waals surface area contributed by atoms with Crippen molar-refractivity contribution in [2.45, 2.75) is 50.1 Å². The molecule has 1 aromatic carbocycles. The molecule has 0 amide bonds. The highest BCUT2D eigenvalue weighted by Crippen LogP contribution is 2.36. The second kappa shape index (κ2) is 5.85. The number of rotatable bonds is 3. The van der Waals surface area contributed by atoms with E-state index < -0.39 is 0 Å². The molecule has 3 rings (SSSR count). The molecule has 0 radical (unpaired) electrons. The molecule has 0 saturated carbocycles. The summed E-state index contributed by atoms with van der Waals surface area (Å²) < 4.78 is 0. The van der Waals surface area contributed by atoms with Gasteiger partial charge < -0.3 is 5.32 Å². The van der Waals surface area contributed by atoms with Crippen molar-refractivity contribution in [3.8, 4) is 0 Å². The second-order valence-corrected chi connectivity index (χ2v) is 7.77. The number of H-pyrrole nitrogens is 1. The molecule has 3 nitrogen and oxygen atoms in total. The number of nitrogens with zero attached hydrogens (tertiary/aromatic N) is 1. The van der Waals surface area contributed by atoms with Crippen LogP contribution in [-0.2, 0) is 12.0 Å². The first-order chi connectivity index (χ1) is 10.1. The molecular formula is C17H23N3S. The molecule has 0 bridgehead atoms. The van der Waals surface area contributed by atoms with Crippen molar-refractivity contribution < 1.29 is 0 Å². The topological polar surface area (TPSA) is 40.7 Å². The molecular weight excluding hydrogens is 278 g/mol. The number of fused-ring (bicyclic) bond motifs is 1. The Morgan fingerprint density at radius 2 is 2.14 bits per heavy atom. The van der Waals surface area contributed by atoms with Gasteiger partial charge in [0.1, 0.15) is 0 Å². The summed E-state index contributed by atoms with van der Waals surface area (Å²) in [6.07, 6.45) is 3.14. The maximum atomic E-state index is 4.23. The lowest BCUT2D eigenvalue weighted by atomic mass is 9.89. The largest absolute Gasteiger partial charge is 0.306 e. The van der Waals surface area contributed by atoms with Gasteiger partial charge >= 0.3 is 0 Å². The van der Waals surface area contributed by atoms with E-state index in [-0.39, 0.29) is 5.41 Å². The van der Waals surface area contributed by atoms with Crippen LogP contribution in [0.4, 0.5) is 0 Å². The van der Waals surface area contributed by atoms with Crippen LogP contribution in [-0.4, -0.2) is 16.0 Å². The standard InChI is InChI=1S/C17H23N3S/c1-17(2,3)16-12(11-19-20-16)10-18-14-8-9-21-15-7-5-4-6-13(14)15/h4-7,11,14,18H,8-10H2,1-3H3,(H,19,20)/t14-/m1/s1. The van der Waals surface area contributed by atoms with Gasteiger partial charge in [0.15, 0.2) is 0 Å². The molecule has 0 aliphatic carbocycles. The third-order valence-electron chi connectivity index (χ3n) is 3.97. The summed E-state index contributed by atoms with van der Waals surface area (Å²) in [6.45, 7) is 7.52. The van der Waals surface area contributed by atoms with E-state index >= 15 is 0 Å². The van der Waals surface area contributed by atoms with Gasteiger partial charge in [0.2, 0.25) is 0 Å². The summed E-state index contributed by atoms with van der Waals surface area (Å²) in [6, 6.07) is 9.19. The van der Waals surface area contributed by atoms with Gasteiger partial charge in [-0.25, -0.2) is 0 Å². The van der Waals surface area contributed by atoms with Gasteiger partial charge in [-0.15, -0.1) is 11.8 Å². The van der Waals surface area contributed by atoms with Crippen molar-refractivity contribution in [3.63, 3.8) is 0 Å². The maximum absolute atomic E-state index is 4.23. The first-order valence-corrected chi connectivity index (χ1v) is 8.52. The number of aromatic amines is 1. The molecule has 2 aromatic rings. The van der Waals surface area contributed by atoms with Crippen LogP contribution in [0.1, 0.15) is 50.1 Å². The Bertz CT molecular complexity index is 612. The van der Waals surface area contributed by atoms with Gasteiger partial charge in [-0.3, -0.25) is 5.10 Å². The van der Waals surface area contributed by atoms with Gasteiger partial charge in [0.05, 0.1) is 6.20 Å². The first kappa shape index (κ1) is 14.7. The van der Waals surface area contributed by atoms with Crippen molar-refractivity contribution in [2.75, 3.05) is 5.75 Å². The zero-order valence-corrected chi connectivity index (χ0v) is 13.8. The number of nitrogens with one attached hydrogen (secondary N) is 2. The Morgan fingerprint density at radius 1 is 1.33 bits per heavy atom. The third kappa shape index (κ3) is 3.16. The van der Waals surface area contributed by atoms with E-state index in [9.17, 15) is 0 Å². The average molecular weight is 301 g/mol. The van der Waals surface area contributed by atoms with Gasteiger partial charge in [-0.1, -0.05) is 39.0 Å². The van der Waals surface area contributed by atoms with Gasteiger partial charge in [0, 0.05) is 34.2 Å². The van der Waals surface area contributed by atoms with Crippen molar-refractivity contribution in [2.24, 2.45) is 0 Å². The highest BCUT2D eigenvalue weighted by Gasteiger charge is 2.23. The van der Waals surface area contributed by atoms with E-state index in [0.717, 1.165) is 6.54 Å². The second-order valence-electron chi connectivity index (χ2n) is 6.63. The van der Waals surface area contributed by atoms with Crippen LogP contribution in [0.15, 0.2) is 35.4 Å². The lowest BCUT2D eigenvalue weighted by molar-refractivity contribution is 0.498. The van der Waals surface area contributed by atoms with Crippen molar-refractivity contribution in [1.82, 2.24) is 15.5 Å². The highest BCUT2D eigenvalue weighted by atomic mass is 32.2. The van der Waals surface area contributed by atoms with E-state index in [0.29, 0.717) is 6.04 Å². The molecule has 0 fully saturated rings. The SMILES string of the molecule is CC(C)(C)c1[nH]ncc1CN[C@@H]1CCSc2ccccc21. The fraction of sp³-hybridized carbons (Fsp3) is 0.471. The predicted molar refractivity (Wildman–Crippen MR) is 88.7 cm³/mol. The smallest absolute Gasteiger partial charge is 0.0535 e. The molecule has 0 unspecified atom stereocenters. The minimum absolute atomic E-state index is 0.105. The molecule has 2 N–H and O–H groups in total. The van der Waals surface area contributed by atoms with Crippen LogP contribution in [0.5, 0.6) is 0 Å². The van der Waals surface area contributed by atoms with E-state index in [2.05, 4.69) is 60.6 Å². The van der Waals surface area contributed by atoms with Gasteiger partial charge in [-0.05, 0) is 23.8 Å². The lowest BCUT2D eigenvalue weighted by Gasteiger charge is -2.26. The Balaban J connectivity index is 1.74. The fourth-order valence-electron chi connectivity index (χ4n) is 2.88. The quantitative estimate of drug-likeness (QED) is 0.899. The van der Waals surface area contributed by atoms with Gasteiger partial charge in [-0.2, -0.15) is 5.10 Å². The van der Waals surface area contributed by atoms with E-state index in [4.69, 9.17) is 0 Å². The number of thioether (sulfide) groups is 1. The number of hydrogen-bond donors (Lipinski definition) is 2. The molecule has 1 aromatic heterocycles. The van der Waals surface area contributed by atoms with Crippen molar-refractivity contribution >= 4 is 11.8 Å². The molecule has 0 saturated heterocycles. The van der Waals surface area contributed by atoms with Crippen molar-refractivity contribution in [3.05, 3.63) is 47.3 Å². The van der Waals surface area contributed by atoms with Crippen LogP contribution in [0.2, 0.25) is 0 Å². The minimum atomic E-state index is 0.105. The zero-order valence-electron chi connectivity index (χ0n) is 12.9. The first-order valence-electron chi connectivity index (χ1n) is 7.53. The Morgan fingerprint density at radius 3 is 2.95 bits per heavy atom. The Hall–Kier alpha value is -1.26. The third-order valence-corrected chi connectivity index (χ3v) is 5.09. The molecule has 112 valence electrons. The minimum Gasteiger partial charge on any atom is -0.306 e. The Labute approximate surface area is 130 Å². The maximum Gasteiger partial charge on any atom is 0.0535 e. The van der Waals surface area contributed by atoms with Crippen molar-refractivity contribution in [1.29, 1.82) is 0 Å². The van der Waals surface area contributed by atoms with Crippen LogP contribution < -0.4 is 5.32 Å². The van der Waals surface area contributed by atoms with E-state index in [1.165, 1.54) is 33.9 Å². The lowest BCUT2D eigenvalue weighted by Crippen LogP contribution is -2.25. The number of hydrogen-bond acceptors (Lipinski definition) is 3. The summed E-state index contributed by atoms with van der Waals surface area (Å²) in [7, 11) is 0. The summed E-state index contributed by atoms with van der Waals surface area (Å²) in [5, 5.41) is 11.1. The summed E-state index contributed by atoms with van der Waals surface area (Å²) >= 11 is 1.96. The average Bonchev–Trinajstić information content (AvgIpc) is 2.93. The summed E-state index contributed by atoms with van der Waals surface area (Å²) in [4.78, 5) is 1.42. The predicted octanol–water partition coefficient (Wildman–Crippen LogP) is 4.03. The van der Waals surface area contributed by atoms with Crippen LogP contribution >= 0.6 is 11.8 Å². The van der Waals surface area contributed by atoms with Crippen LogP contribution in [0, 0.1) is 0 Å². The van der Waals surface area contributed by atoms with E-state index in [1.807, 2.05) is 18.0 Å². The Kier molecular flexibility index (Phi) is 4.09. The molecule has 4 heteroatoms.